The molecule has 1 unspecified atom stereocenters. The molecule has 8 heteroatoms. The van der Waals surface area contributed by atoms with E-state index >= 15 is 0 Å². The Balaban J connectivity index is 2.91. The normalized spacial score (nSPS) is 18.7. The Morgan fingerprint density at radius 3 is 2.55 bits per heavy atom. The minimum Gasteiger partial charge on any atom is -0.480 e. The lowest BCUT2D eigenvalue weighted by molar-refractivity contribution is -0.138. The first-order valence-corrected chi connectivity index (χ1v) is 6.51. The molecule has 0 aromatic carbocycles. The van der Waals surface area contributed by atoms with Crippen molar-refractivity contribution in [3.8, 4) is 0 Å². The summed E-state index contributed by atoms with van der Waals surface area (Å²) < 4.78 is 0. The summed E-state index contributed by atoms with van der Waals surface area (Å²) in [6.07, 6.45) is 0.946. The predicted octanol–water partition coefficient (Wildman–Crippen LogP) is -0.360. The fourth-order valence-electron chi connectivity index (χ4n) is 2.13. The third kappa shape index (κ3) is 3.69. The van der Waals surface area contributed by atoms with Crippen LogP contribution in [0.15, 0.2) is 0 Å². The van der Waals surface area contributed by atoms with Crippen LogP contribution in [-0.2, 0) is 14.4 Å². The van der Waals surface area contributed by atoms with Gasteiger partial charge in [0.1, 0.15) is 19.1 Å². The summed E-state index contributed by atoms with van der Waals surface area (Å²) in [5.41, 5.74) is 0. The van der Waals surface area contributed by atoms with E-state index in [4.69, 9.17) is 5.11 Å². The Kier molecular flexibility index (Phi) is 5.48. The maximum absolute atomic E-state index is 12.3. The highest BCUT2D eigenvalue weighted by atomic mass is 16.4. The molecule has 0 spiro atoms. The van der Waals surface area contributed by atoms with E-state index in [1.807, 2.05) is 6.92 Å². The summed E-state index contributed by atoms with van der Waals surface area (Å²) in [5.74, 6) is -2.21. The zero-order valence-corrected chi connectivity index (χ0v) is 11.6. The molecule has 0 saturated carbocycles. The maximum Gasteiger partial charge on any atom is 0.323 e. The molecular weight excluding hydrogens is 266 g/mol. The number of carboxylic acids is 1. The quantitative estimate of drug-likeness (QED) is 0.671. The van der Waals surface area contributed by atoms with Gasteiger partial charge in [0.15, 0.2) is 0 Å². The molecule has 8 nitrogen and oxygen atoms in total. The van der Waals surface area contributed by atoms with Crippen LogP contribution in [0.4, 0.5) is 4.79 Å². The Morgan fingerprint density at radius 1 is 1.40 bits per heavy atom. The molecule has 20 heavy (non-hydrogen) atoms. The van der Waals surface area contributed by atoms with Gasteiger partial charge in [0.2, 0.25) is 11.8 Å². The van der Waals surface area contributed by atoms with E-state index in [2.05, 4.69) is 5.32 Å². The van der Waals surface area contributed by atoms with E-state index in [0.29, 0.717) is 12.8 Å². The summed E-state index contributed by atoms with van der Waals surface area (Å²) >= 11 is 0. The van der Waals surface area contributed by atoms with Crippen molar-refractivity contribution in [2.24, 2.45) is 0 Å². The van der Waals surface area contributed by atoms with Crippen molar-refractivity contribution < 1.29 is 24.3 Å². The molecule has 112 valence electrons. The van der Waals surface area contributed by atoms with Gasteiger partial charge >= 0.3 is 12.0 Å². The number of carbonyl (C=O) groups is 4. The van der Waals surface area contributed by atoms with Crippen LogP contribution in [0.1, 0.15) is 26.7 Å². The van der Waals surface area contributed by atoms with Gasteiger partial charge in [0.05, 0.1) is 0 Å². The Morgan fingerprint density at radius 2 is 2.05 bits per heavy atom. The van der Waals surface area contributed by atoms with E-state index in [1.54, 1.807) is 6.92 Å². The number of urea groups is 1. The fourth-order valence-corrected chi connectivity index (χ4v) is 2.13. The van der Waals surface area contributed by atoms with Crippen LogP contribution in [0.5, 0.6) is 0 Å². The molecule has 0 aromatic rings. The first kappa shape index (κ1) is 15.9. The minimum absolute atomic E-state index is 0.233. The predicted molar refractivity (Wildman–Crippen MR) is 68.8 cm³/mol. The maximum atomic E-state index is 12.3. The number of amides is 4. The van der Waals surface area contributed by atoms with Gasteiger partial charge in [-0.15, -0.1) is 0 Å². The SMILES string of the molecule is CCCN(CC(=O)O)C(=O)N1CC(=O)NC(=O)C1CC. The number of carboxylic acid groups (broad SMARTS) is 1. The zero-order valence-electron chi connectivity index (χ0n) is 11.6. The van der Waals surface area contributed by atoms with Crippen molar-refractivity contribution in [1.82, 2.24) is 15.1 Å². The largest absolute Gasteiger partial charge is 0.480 e. The Labute approximate surface area is 116 Å². The number of hydrogen-bond acceptors (Lipinski definition) is 4. The second-order valence-electron chi connectivity index (χ2n) is 4.56. The average Bonchev–Trinajstić information content (AvgIpc) is 2.36. The lowest BCUT2D eigenvalue weighted by atomic mass is 10.1. The topological polar surface area (TPSA) is 107 Å². The first-order valence-electron chi connectivity index (χ1n) is 6.51. The minimum atomic E-state index is -1.13. The summed E-state index contributed by atoms with van der Waals surface area (Å²) in [7, 11) is 0. The molecule has 1 fully saturated rings. The number of rotatable bonds is 5. The summed E-state index contributed by atoms with van der Waals surface area (Å²) in [5, 5.41) is 11.0. The highest BCUT2D eigenvalue weighted by Crippen LogP contribution is 2.12. The number of nitrogens with one attached hydrogen (secondary N) is 1. The number of imide groups is 1. The van der Waals surface area contributed by atoms with Gasteiger partial charge < -0.3 is 14.9 Å². The average molecular weight is 285 g/mol. The van der Waals surface area contributed by atoms with Gasteiger partial charge in [-0.05, 0) is 12.8 Å². The van der Waals surface area contributed by atoms with Gasteiger partial charge in [-0.2, -0.15) is 0 Å². The molecule has 1 aliphatic heterocycles. The van der Waals surface area contributed by atoms with Crippen LogP contribution in [-0.4, -0.2) is 64.4 Å². The number of piperazine rings is 1. The van der Waals surface area contributed by atoms with E-state index in [9.17, 15) is 19.2 Å². The number of nitrogens with zero attached hydrogens (tertiary/aromatic N) is 2. The Hall–Kier alpha value is -2.12. The van der Waals surface area contributed by atoms with Crippen molar-refractivity contribution >= 4 is 23.8 Å². The van der Waals surface area contributed by atoms with Crippen molar-refractivity contribution in [1.29, 1.82) is 0 Å². The number of aliphatic carboxylic acids is 1. The summed E-state index contributed by atoms with van der Waals surface area (Å²) in [4.78, 5) is 48.5. The van der Waals surface area contributed by atoms with Crippen LogP contribution < -0.4 is 5.32 Å². The lowest BCUT2D eigenvalue weighted by Gasteiger charge is -2.36. The smallest absolute Gasteiger partial charge is 0.323 e. The molecule has 0 bridgehead atoms. The summed E-state index contributed by atoms with van der Waals surface area (Å²) in [6, 6.07) is -1.34. The molecule has 1 heterocycles. The van der Waals surface area contributed by atoms with E-state index in [1.165, 1.54) is 0 Å². The van der Waals surface area contributed by atoms with E-state index in [0.717, 1.165) is 9.80 Å². The van der Waals surface area contributed by atoms with Crippen LogP contribution >= 0.6 is 0 Å². The molecular formula is C12H19N3O5. The highest BCUT2D eigenvalue weighted by Gasteiger charge is 2.37. The van der Waals surface area contributed by atoms with E-state index in [-0.39, 0.29) is 13.1 Å². The van der Waals surface area contributed by atoms with Gasteiger partial charge in [0.25, 0.3) is 0 Å². The molecule has 0 aromatic heterocycles. The van der Waals surface area contributed by atoms with Gasteiger partial charge in [-0.25, -0.2) is 4.79 Å². The molecule has 0 aliphatic carbocycles. The molecule has 0 radical (unpaired) electrons. The standard InChI is InChI=1S/C12H19N3O5/c1-3-5-14(7-10(17)18)12(20)15-6-9(16)13-11(19)8(15)4-2/h8H,3-7H2,1-2H3,(H,17,18)(H,13,16,19). The Bertz CT molecular complexity index is 423. The molecule has 1 aliphatic rings. The lowest BCUT2D eigenvalue weighted by Crippen LogP contribution is -2.62. The van der Waals surface area contributed by atoms with Crippen molar-refractivity contribution in [3.05, 3.63) is 0 Å². The fraction of sp³-hybridized carbons (Fsp3) is 0.667. The first-order chi connectivity index (χ1) is 9.40. The van der Waals surface area contributed by atoms with Crippen molar-refractivity contribution in [3.63, 3.8) is 0 Å². The molecule has 4 amide bonds. The second-order valence-corrected chi connectivity index (χ2v) is 4.56. The monoisotopic (exact) mass is 285 g/mol. The molecule has 1 rings (SSSR count). The van der Waals surface area contributed by atoms with E-state index < -0.39 is 36.4 Å². The molecule has 1 atom stereocenters. The van der Waals surface area contributed by atoms with Gasteiger partial charge in [-0.3, -0.25) is 19.7 Å². The van der Waals surface area contributed by atoms with Crippen LogP contribution in [0, 0.1) is 0 Å². The molecule has 1 saturated heterocycles. The van der Waals surface area contributed by atoms with Crippen molar-refractivity contribution in [2.45, 2.75) is 32.7 Å². The number of carbonyl (C=O) groups excluding carboxylic acids is 3. The highest BCUT2D eigenvalue weighted by molar-refractivity contribution is 6.04. The number of hydrogen-bond donors (Lipinski definition) is 2. The van der Waals surface area contributed by atoms with Gasteiger partial charge in [-0.1, -0.05) is 13.8 Å². The van der Waals surface area contributed by atoms with Crippen LogP contribution in [0.25, 0.3) is 0 Å². The summed E-state index contributed by atoms with van der Waals surface area (Å²) in [6.45, 7) is 3.11. The zero-order chi connectivity index (χ0) is 15.3. The third-order valence-corrected chi connectivity index (χ3v) is 2.98. The van der Waals surface area contributed by atoms with Gasteiger partial charge in [0, 0.05) is 6.54 Å². The van der Waals surface area contributed by atoms with Crippen LogP contribution in [0.3, 0.4) is 0 Å². The third-order valence-electron chi connectivity index (χ3n) is 2.98. The van der Waals surface area contributed by atoms with Crippen molar-refractivity contribution in [2.75, 3.05) is 19.6 Å². The molecule has 2 N–H and O–H groups in total. The second kappa shape index (κ2) is 6.88. The van der Waals surface area contributed by atoms with Crippen LogP contribution in [0.2, 0.25) is 0 Å².